The van der Waals surface area contributed by atoms with E-state index in [1.807, 2.05) is 37.3 Å². The number of amides is 1. The fraction of sp³-hybridized carbons (Fsp3) is 0.462. The summed E-state index contributed by atoms with van der Waals surface area (Å²) in [5.41, 5.74) is 22.0. The van der Waals surface area contributed by atoms with Gasteiger partial charge >= 0.3 is 5.97 Å². The zero-order valence-electron chi connectivity index (χ0n) is 20.8. The number of benzene rings is 2. The Bertz CT molecular complexity index is 1040. The van der Waals surface area contributed by atoms with Crippen LogP contribution in [0.15, 0.2) is 42.5 Å². The lowest BCUT2D eigenvalue weighted by Crippen LogP contribution is -2.63. The van der Waals surface area contributed by atoms with Gasteiger partial charge in [-0.2, -0.15) is 0 Å². The number of thioether (sulfide) groups is 1. The number of fused-ring (bicyclic) bond motifs is 1. The van der Waals surface area contributed by atoms with Crippen molar-refractivity contribution in [1.82, 2.24) is 5.32 Å². The average Bonchev–Trinajstić information content (AvgIpc) is 3.17. The predicted octanol–water partition coefficient (Wildman–Crippen LogP) is 2.68. The van der Waals surface area contributed by atoms with Crippen molar-refractivity contribution in [2.24, 2.45) is 23.1 Å². The minimum Gasteiger partial charge on any atom is -0.415 e. The van der Waals surface area contributed by atoms with Crippen LogP contribution in [0.1, 0.15) is 47.8 Å². The fourth-order valence-electron chi connectivity index (χ4n) is 4.20. The van der Waals surface area contributed by atoms with Crippen LogP contribution in [0.5, 0.6) is 0 Å². The molecule has 0 radical (unpaired) electrons. The second-order valence-corrected chi connectivity index (χ2v) is 11.1. The molecule has 0 saturated carbocycles. The molecule has 0 aliphatic carbocycles. The molecule has 1 unspecified atom stereocenters. The molecular formula is C26H37N5O3S. The zero-order chi connectivity index (χ0) is 25.8. The van der Waals surface area contributed by atoms with Crippen LogP contribution in [0, 0.1) is 19.8 Å². The number of nitrogens with one attached hydrogen (secondary N) is 2. The summed E-state index contributed by atoms with van der Waals surface area (Å²) in [5, 5.41) is 6.11. The minimum absolute atomic E-state index is 0.132. The molecule has 9 heteroatoms. The largest absolute Gasteiger partial charge is 0.415 e. The van der Waals surface area contributed by atoms with Gasteiger partial charge < -0.3 is 15.4 Å². The maximum Gasteiger partial charge on any atom is 0.332 e. The summed E-state index contributed by atoms with van der Waals surface area (Å²) in [4.78, 5) is 26.4. The number of aryl methyl sites for hydroxylation is 2. The molecule has 35 heavy (non-hydrogen) atoms. The minimum atomic E-state index is -2.13. The number of esters is 1. The maximum absolute atomic E-state index is 13.5. The Labute approximate surface area is 211 Å². The van der Waals surface area contributed by atoms with Crippen LogP contribution in [0.25, 0.3) is 0 Å². The molecule has 1 aliphatic heterocycles. The molecule has 3 atom stereocenters. The molecule has 8 N–H and O–H groups in total. The van der Waals surface area contributed by atoms with Gasteiger partial charge in [0.15, 0.2) is 0 Å². The highest BCUT2D eigenvalue weighted by atomic mass is 32.2. The van der Waals surface area contributed by atoms with Crippen LogP contribution in [0.3, 0.4) is 0 Å². The third-order valence-electron chi connectivity index (χ3n) is 5.87. The molecule has 0 saturated heterocycles. The first-order chi connectivity index (χ1) is 16.4. The van der Waals surface area contributed by atoms with Crippen molar-refractivity contribution >= 4 is 29.3 Å². The number of carbonyl (C=O) groups is 2. The van der Waals surface area contributed by atoms with Crippen molar-refractivity contribution in [3.63, 3.8) is 0 Å². The second kappa shape index (κ2) is 11.4. The van der Waals surface area contributed by atoms with Crippen LogP contribution in [0.2, 0.25) is 0 Å². The highest BCUT2D eigenvalue weighted by molar-refractivity contribution is 8.00. The van der Waals surface area contributed by atoms with Crippen LogP contribution < -0.4 is 27.8 Å². The van der Waals surface area contributed by atoms with E-state index in [0.29, 0.717) is 6.42 Å². The topological polar surface area (TPSA) is 145 Å². The first kappa shape index (κ1) is 27.0. The Morgan fingerprint density at radius 1 is 1.14 bits per heavy atom. The van der Waals surface area contributed by atoms with Crippen molar-refractivity contribution in [2.45, 2.75) is 63.1 Å². The molecule has 0 spiro atoms. The van der Waals surface area contributed by atoms with Gasteiger partial charge in [-0.05, 0) is 48.9 Å². The molecule has 3 rings (SSSR count). The molecule has 2 aromatic rings. The van der Waals surface area contributed by atoms with E-state index in [4.69, 9.17) is 21.9 Å². The molecule has 1 amide bonds. The van der Waals surface area contributed by atoms with Gasteiger partial charge in [-0.1, -0.05) is 55.8 Å². The van der Waals surface area contributed by atoms with Crippen LogP contribution in [-0.4, -0.2) is 35.7 Å². The van der Waals surface area contributed by atoms with E-state index >= 15 is 0 Å². The number of rotatable bonds is 10. The summed E-state index contributed by atoms with van der Waals surface area (Å²) in [6, 6.07) is 12.9. The Hall–Kier alpha value is -2.59. The fourth-order valence-corrected chi connectivity index (χ4v) is 5.91. The molecule has 190 valence electrons. The molecular weight excluding hydrogens is 462 g/mol. The Morgan fingerprint density at radius 2 is 1.83 bits per heavy atom. The van der Waals surface area contributed by atoms with Crippen LogP contribution >= 0.6 is 11.8 Å². The molecule has 0 aromatic heterocycles. The first-order valence-corrected chi connectivity index (χ1v) is 12.8. The third-order valence-corrected chi connectivity index (χ3v) is 7.34. The summed E-state index contributed by atoms with van der Waals surface area (Å²) >= 11 is 1.62. The lowest BCUT2D eigenvalue weighted by molar-refractivity contribution is -0.162. The van der Waals surface area contributed by atoms with Crippen molar-refractivity contribution in [1.29, 1.82) is 0 Å². The first-order valence-electron chi connectivity index (χ1n) is 11.9. The number of anilines is 1. The van der Waals surface area contributed by atoms with E-state index in [-0.39, 0.29) is 28.7 Å². The SMILES string of the molecule is Cc1ccc(C[C@H](NC(=O)[C@@H](CC(C)C)SC2CNc3cccc(C)c32)C(=O)OC(N)(N)N)cc1. The molecule has 1 aliphatic rings. The smallest absolute Gasteiger partial charge is 0.332 e. The standard InChI is InChI=1S/C26H37N5O3S/c1-15(2)12-21(35-22-14-30-19-7-5-6-17(4)23(19)22)24(32)31-20(25(33)34-26(27,28)29)13-18-10-8-16(3)9-11-18/h5-11,15,20-22,30H,12-14,27-29H2,1-4H3,(H,31,32)/t20-,21+,22?/m0/s1. The molecule has 0 bridgehead atoms. The van der Waals surface area contributed by atoms with Crippen molar-refractivity contribution < 1.29 is 14.3 Å². The van der Waals surface area contributed by atoms with E-state index < -0.39 is 18.0 Å². The lowest BCUT2D eigenvalue weighted by atomic mass is 10.0. The molecule has 2 aromatic carbocycles. The van der Waals surface area contributed by atoms with E-state index in [2.05, 4.69) is 43.5 Å². The van der Waals surface area contributed by atoms with Gasteiger partial charge in [0.1, 0.15) is 6.04 Å². The Balaban J connectivity index is 1.80. The lowest BCUT2D eigenvalue weighted by Gasteiger charge is -2.27. The summed E-state index contributed by atoms with van der Waals surface area (Å²) < 4.78 is 5.02. The van der Waals surface area contributed by atoms with E-state index in [0.717, 1.165) is 23.4 Å². The highest BCUT2D eigenvalue weighted by Gasteiger charge is 2.34. The van der Waals surface area contributed by atoms with E-state index in [1.54, 1.807) is 11.8 Å². The van der Waals surface area contributed by atoms with Gasteiger partial charge in [0.05, 0.1) is 10.5 Å². The maximum atomic E-state index is 13.5. The van der Waals surface area contributed by atoms with E-state index in [9.17, 15) is 9.59 Å². The number of hydrogen-bond donors (Lipinski definition) is 5. The van der Waals surface area contributed by atoms with Gasteiger partial charge in [0, 0.05) is 18.7 Å². The summed E-state index contributed by atoms with van der Waals surface area (Å²) in [6.07, 6.45) is 0.891. The molecule has 8 nitrogen and oxygen atoms in total. The third kappa shape index (κ3) is 7.70. The van der Waals surface area contributed by atoms with Gasteiger partial charge in [-0.15, -0.1) is 11.8 Å². The molecule has 1 heterocycles. The Morgan fingerprint density at radius 3 is 2.46 bits per heavy atom. The summed E-state index contributed by atoms with van der Waals surface area (Å²) in [5.74, 6) is -2.84. The zero-order valence-corrected chi connectivity index (χ0v) is 21.7. The van der Waals surface area contributed by atoms with Gasteiger partial charge in [0.2, 0.25) is 5.91 Å². The molecule has 0 fully saturated rings. The van der Waals surface area contributed by atoms with Gasteiger partial charge in [-0.25, -0.2) is 4.79 Å². The average molecular weight is 500 g/mol. The van der Waals surface area contributed by atoms with Crippen molar-refractivity contribution in [2.75, 3.05) is 11.9 Å². The predicted molar refractivity (Wildman–Crippen MR) is 141 cm³/mol. The summed E-state index contributed by atoms with van der Waals surface area (Å²) in [6.45, 7) is 8.97. The van der Waals surface area contributed by atoms with Crippen LogP contribution in [0.4, 0.5) is 5.69 Å². The van der Waals surface area contributed by atoms with Crippen LogP contribution in [-0.2, 0) is 20.7 Å². The number of ether oxygens (including phenoxy) is 1. The summed E-state index contributed by atoms with van der Waals surface area (Å²) in [7, 11) is 0. The van der Waals surface area contributed by atoms with E-state index in [1.165, 1.54) is 11.1 Å². The number of carbonyl (C=O) groups excluding carboxylic acids is 2. The van der Waals surface area contributed by atoms with Crippen molar-refractivity contribution in [3.05, 3.63) is 64.7 Å². The van der Waals surface area contributed by atoms with Gasteiger partial charge in [-0.3, -0.25) is 22.0 Å². The number of hydrogen-bond acceptors (Lipinski definition) is 8. The Kier molecular flexibility index (Phi) is 8.82. The quantitative estimate of drug-likeness (QED) is 0.248. The highest BCUT2D eigenvalue weighted by Crippen LogP contribution is 2.43. The monoisotopic (exact) mass is 499 g/mol. The van der Waals surface area contributed by atoms with Gasteiger partial charge in [0.25, 0.3) is 5.97 Å². The second-order valence-electron chi connectivity index (χ2n) is 9.69. The normalized spacial score (nSPS) is 16.9. The van der Waals surface area contributed by atoms with Crippen molar-refractivity contribution in [3.8, 4) is 0 Å². The number of nitrogens with two attached hydrogens (primary N) is 3.